The number of benzene rings is 2. The van der Waals surface area contributed by atoms with Gasteiger partial charge >= 0.3 is 6.09 Å². The quantitative estimate of drug-likeness (QED) is 0.777. The van der Waals surface area contributed by atoms with Crippen LogP contribution in [0.15, 0.2) is 54.6 Å². The minimum atomic E-state index is -0.495. The Bertz CT molecular complexity index is 792. The molecule has 0 saturated carbocycles. The Hall–Kier alpha value is -2.40. The summed E-state index contributed by atoms with van der Waals surface area (Å²) in [5.74, 6) is -0.222. The lowest BCUT2D eigenvalue weighted by Gasteiger charge is -2.43. The highest BCUT2D eigenvalue weighted by molar-refractivity contribution is 5.68. The first-order chi connectivity index (χ1) is 13.7. The smallest absolute Gasteiger partial charge is 0.410 e. The number of nitrogens with one attached hydrogen (secondary N) is 1. The Morgan fingerprint density at radius 2 is 1.66 bits per heavy atom. The van der Waals surface area contributed by atoms with Crippen molar-refractivity contribution in [2.24, 2.45) is 0 Å². The van der Waals surface area contributed by atoms with Gasteiger partial charge < -0.3 is 15.0 Å². The van der Waals surface area contributed by atoms with Gasteiger partial charge in [0, 0.05) is 25.2 Å². The summed E-state index contributed by atoms with van der Waals surface area (Å²) in [6.07, 6.45) is 2.17. The number of carbonyl (C=O) groups excluding carboxylic acids is 1. The van der Waals surface area contributed by atoms with Crippen LogP contribution >= 0.6 is 0 Å². The second-order valence-electron chi connectivity index (χ2n) is 8.89. The van der Waals surface area contributed by atoms with E-state index in [0.717, 1.165) is 31.4 Å². The molecule has 0 spiro atoms. The van der Waals surface area contributed by atoms with Crippen molar-refractivity contribution in [2.45, 2.75) is 57.7 Å². The summed E-state index contributed by atoms with van der Waals surface area (Å²) in [5.41, 5.74) is 1.68. The van der Waals surface area contributed by atoms with Gasteiger partial charge in [0.25, 0.3) is 0 Å². The summed E-state index contributed by atoms with van der Waals surface area (Å²) < 4.78 is 18.9. The lowest BCUT2D eigenvalue weighted by atomic mass is 9.81. The van der Waals surface area contributed by atoms with E-state index in [1.807, 2.05) is 51.1 Å². The predicted octanol–water partition coefficient (Wildman–Crippen LogP) is 4.93. The van der Waals surface area contributed by atoms with E-state index in [0.29, 0.717) is 13.1 Å². The molecule has 156 valence electrons. The van der Waals surface area contributed by atoms with E-state index in [2.05, 4.69) is 17.4 Å². The van der Waals surface area contributed by atoms with Crippen molar-refractivity contribution in [1.82, 2.24) is 10.2 Å². The largest absolute Gasteiger partial charge is 0.444 e. The zero-order chi connectivity index (χ0) is 20.9. The third kappa shape index (κ3) is 6.29. The van der Waals surface area contributed by atoms with Crippen LogP contribution in [0.1, 0.15) is 44.7 Å². The molecule has 2 aromatic carbocycles. The van der Waals surface area contributed by atoms with Crippen LogP contribution in [0.5, 0.6) is 0 Å². The average Bonchev–Trinajstić information content (AvgIpc) is 2.68. The summed E-state index contributed by atoms with van der Waals surface area (Å²) in [4.78, 5) is 14.2. The Kier molecular flexibility index (Phi) is 6.58. The van der Waals surface area contributed by atoms with E-state index in [9.17, 15) is 9.18 Å². The van der Waals surface area contributed by atoms with Gasteiger partial charge in [-0.3, -0.25) is 0 Å². The first-order valence-corrected chi connectivity index (χ1v) is 10.3. The van der Waals surface area contributed by atoms with Gasteiger partial charge in [0.2, 0.25) is 0 Å². The maximum atomic E-state index is 13.3. The standard InChI is InChI=1S/C24H31FN2O2/c1-23(2,3)29-22(28)27-15-13-24(14-16-27,17-19-9-11-21(25)12-10-19)26-18-20-7-5-4-6-8-20/h4-12,26H,13-18H2,1-3H3. The van der Waals surface area contributed by atoms with Gasteiger partial charge in [-0.25, -0.2) is 9.18 Å². The summed E-state index contributed by atoms with van der Waals surface area (Å²) in [5, 5.41) is 3.75. The van der Waals surface area contributed by atoms with Gasteiger partial charge in [0.15, 0.2) is 0 Å². The molecule has 0 aliphatic carbocycles. The fourth-order valence-electron chi connectivity index (χ4n) is 3.74. The van der Waals surface area contributed by atoms with Crippen molar-refractivity contribution in [1.29, 1.82) is 0 Å². The number of rotatable bonds is 5. The Balaban J connectivity index is 1.70. The number of halogens is 1. The molecule has 0 radical (unpaired) electrons. The van der Waals surface area contributed by atoms with Crippen molar-refractivity contribution >= 4 is 6.09 Å². The molecule has 0 aromatic heterocycles. The highest BCUT2D eigenvalue weighted by Crippen LogP contribution is 2.28. The number of amides is 1. The van der Waals surface area contributed by atoms with Crippen LogP contribution in [-0.4, -0.2) is 35.2 Å². The highest BCUT2D eigenvalue weighted by Gasteiger charge is 2.36. The van der Waals surface area contributed by atoms with Gasteiger partial charge in [0.1, 0.15) is 11.4 Å². The van der Waals surface area contributed by atoms with Gasteiger partial charge in [-0.15, -0.1) is 0 Å². The number of ether oxygens (including phenoxy) is 1. The molecule has 1 fully saturated rings. The Morgan fingerprint density at radius 3 is 2.24 bits per heavy atom. The topological polar surface area (TPSA) is 41.6 Å². The van der Waals surface area contributed by atoms with E-state index in [-0.39, 0.29) is 17.4 Å². The van der Waals surface area contributed by atoms with E-state index < -0.39 is 5.60 Å². The average molecular weight is 399 g/mol. The molecule has 0 unspecified atom stereocenters. The van der Waals surface area contributed by atoms with E-state index in [4.69, 9.17) is 4.74 Å². The molecule has 1 N–H and O–H groups in total. The Morgan fingerprint density at radius 1 is 1.03 bits per heavy atom. The summed E-state index contributed by atoms with van der Waals surface area (Å²) >= 11 is 0. The molecule has 1 aliphatic heterocycles. The van der Waals surface area contributed by atoms with Crippen molar-refractivity contribution in [2.75, 3.05) is 13.1 Å². The molecule has 5 heteroatoms. The zero-order valence-corrected chi connectivity index (χ0v) is 17.6. The van der Waals surface area contributed by atoms with Gasteiger partial charge in [0.05, 0.1) is 0 Å². The van der Waals surface area contributed by atoms with Crippen LogP contribution in [0.4, 0.5) is 9.18 Å². The second kappa shape index (κ2) is 8.95. The second-order valence-corrected chi connectivity index (χ2v) is 8.89. The monoisotopic (exact) mass is 398 g/mol. The van der Waals surface area contributed by atoms with Gasteiger partial charge in [-0.1, -0.05) is 42.5 Å². The van der Waals surface area contributed by atoms with Crippen LogP contribution in [0, 0.1) is 5.82 Å². The van der Waals surface area contributed by atoms with Crippen molar-refractivity contribution < 1.29 is 13.9 Å². The van der Waals surface area contributed by atoms with Crippen LogP contribution in [-0.2, 0) is 17.7 Å². The first-order valence-electron chi connectivity index (χ1n) is 10.3. The summed E-state index contributed by atoms with van der Waals surface area (Å²) in [7, 11) is 0. The molecule has 3 rings (SSSR count). The SMILES string of the molecule is CC(C)(C)OC(=O)N1CCC(Cc2ccc(F)cc2)(NCc2ccccc2)CC1. The fraction of sp³-hybridized carbons (Fsp3) is 0.458. The first kappa shape index (κ1) is 21.3. The molecule has 29 heavy (non-hydrogen) atoms. The number of piperidine rings is 1. The molecule has 4 nitrogen and oxygen atoms in total. The van der Waals surface area contributed by atoms with E-state index >= 15 is 0 Å². The van der Waals surface area contributed by atoms with Crippen LogP contribution < -0.4 is 5.32 Å². The Labute approximate surface area is 173 Å². The van der Waals surface area contributed by atoms with Crippen LogP contribution in [0.25, 0.3) is 0 Å². The molecule has 0 bridgehead atoms. The minimum absolute atomic E-state index is 0.147. The molecular formula is C24H31FN2O2. The highest BCUT2D eigenvalue weighted by atomic mass is 19.1. The zero-order valence-electron chi connectivity index (χ0n) is 17.6. The molecule has 1 saturated heterocycles. The number of carbonyl (C=O) groups is 1. The van der Waals surface area contributed by atoms with Gasteiger partial charge in [-0.05, 0) is 63.3 Å². The summed E-state index contributed by atoms with van der Waals surface area (Å²) in [6.45, 7) is 7.68. The van der Waals surface area contributed by atoms with E-state index in [1.54, 1.807) is 4.90 Å². The number of hydrogen-bond donors (Lipinski definition) is 1. The van der Waals surface area contributed by atoms with Crippen LogP contribution in [0.2, 0.25) is 0 Å². The molecule has 1 amide bonds. The molecule has 1 aliphatic rings. The van der Waals surface area contributed by atoms with Gasteiger partial charge in [-0.2, -0.15) is 0 Å². The van der Waals surface area contributed by atoms with Crippen molar-refractivity contribution in [3.05, 3.63) is 71.5 Å². The molecule has 2 aromatic rings. The number of hydrogen-bond acceptors (Lipinski definition) is 3. The molecular weight excluding hydrogens is 367 g/mol. The lowest BCUT2D eigenvalue weighted by Crippen LogP contribution is -2.56. The third-order valence-corrected chi connectivity index (χ3v) is 5.34. The van der Waals surface area contributed by atoms with Crippen LogP contribution in [0.3, 0.4) is 0 Å². The van der Waals surface area contributed by atoms with Crippen molar-refractivity contribution in [3.63, 3.8) is 0 Å². The maximum absolute atomic E-state index is 13.3. The number of likely N-dealkylation sites (tertiary alicyclic amines) is 1. The summed E-state index contributed by atoms with van der Waals surface area (Å²) in [6, 6.07) is 17.0. The normalized spacial score (nSPS) is 16.5. The molecule has 0 atom stereocenters. The minimum Gasteiger partial charge on any atom is -0.444 e. The maximum Gasteiger partial charge on any atom is 0.410 e. The third-order valence-electron chi connectivity index (χ3n) is 5.34. The predicted molar refractivity (Wildman–Crippen MR) is 113 cm³/mol. The number of nitrogens with zero attached hydrogens (tertiary/aromatic N) is 1. The fourth-order valence-corrected chi connectivity index (χ4v) is 3.74. The van der Waals surface area contributed by atoms with E-state index in [1.165, 1.54) is 17.7 Å². The molecule has 1 heterocycles. The lowest BCUT2D eigenvalue weighted by molar-refractivity contribution is 0.0145. The van der Waals surface area contributed by atoms with Crippen molar-refractivity contribution in [3.8, 4) is 0 Å².